The summed E-state index contributed by atoms with van der Waals surface area (Å²) < 4.78 is 17.0. The van der Waals surface area contributed by atoms with Gasteiger partial charge in [0.15, 0.2) is 5.82 Å². The van der Waals surface area contributed by atoms with Crippen LogP contribution in [-0.4, -0.2) is 72.2 Å². The summed E-state index contributed by atoms with van der Waals surface area (Å²) in [5, 5.41) is 18.6. The van der Waals surface area contributed by atoms with E-state index in [2.05, 4.69) is 41.0 Å². The fourth-order valence-electron chi connectivity index (χ4n) is 5.03. The molecule has 12 heteroatoms. The minimum atomic E-state index is -0.840. The van der Waals surface area contributed by atoms with Gasteiger partial charge < -0.3 is 20.6 Å². The number of anilines is 2. The van der Waals surface area contributed by atoms with Gasteiger partial charge >= 0.3 is 0 Å². The number of piperazine rings is 1. The van der Waals surface area contributed by atoms with E-state index in [1.165, 1.54) is 12.1 Å². The smallest absolute Gasteiger partial charge is 0.225 e. The topological polar surface area (TPSA) is 127 Å². The lowest BCUT2D eigenvalue weighted by Crippen LogP contribution is -2.47. The quantitative estimate of drug-likeness (QED) is 0.311. The van der Waals surface area contributed by atoms with E-state index in [1.807, 2.05) is 37.7 Å². The molecule has 1 aliphatic heterocycles. The average molecular weight is 557 g/mol. The van der Waals surface area contributed by atoms with E-state index in [0.29, 0.717) is 5.95 Å². The van der Waals surface area contributed by atoms with Crippen LogP contribution < -0.4 is 15.5 Å². The molecule has 5 aromatic rings. The molecule has 11 nitrogen and oxygen atoms in total. The SMILES string of the molecule is CC(N)(c1ccc(F)cc1)c1cnc(N2CCN(c3ncnn4cc(-c5cnn(C(C)(C)CO)c5)cc34)CC2)nc1. The fourth-order valence-corrected chi connectivity index (χ4v) is 5.03. The van der Waals surface area contributed by atoms with Gasteiger partial charge in [0.1, 0.15) is 17.7 Å². The Bertz CT molecular complexity index is 1650. The molecule has 4 aromatic heterocycles. The lowest BCUT2D eigenvalue weighted by Gasteiger charge is -2.35. The first-order chi connectivity index (χ1) is 19.7. The molecule has 0 amide bonds. The number of rotatable bonds is 7. The van der Waals surface area contributed by atoms with Crippen molar-refractivity contribution in [3.05, 3.63) is 84.6 Å². The second-order valence-electron chi connectivity index (χ2n) is 11.2. The molecule has 41 heavy (non-hydrogen) atoms. The zero-order valence-electron chi connectivity index (χ0n) is 23.3. The van der Waals surface area contributed by atoms with Crippen LogP contribution >= 0.6 is 0 Å². The fraction of sp³-hybridized carbons (Fsp3) is 0.345. The molecule has 1 aromatic carbocycles. The lowest BCUT2D eigenvalue weighted by atomic mass is 9.87. The minimum Gasteiger partial charge on any atom is -0.394 e. The molecule has 6 rings (SSSR count). The third-order valence-electron chi connectivity index (χ3n) is 7.85. The van der Waals surface area contributed by atoms with E-state index in [-0.39, 0.29) is 12.4 Å². The standard InChI is InChI=1S/C29H33FN10O/c1-28(2,18-41)40-17-21(13-35-40)20-12-25-26(34-19-36-39(25)16-20)37-8-10-38(11-9-37)27-32-14-23(15-33-27)29(3,31)22-4-6-24(30)7-5-22/h4-7,12-17,19,41H,8-11,18,31H2,1-3H3. The van der Waals surface area contributed by atoms with Gasteiger partial charge in [0.25, 0.3) is 0 Å². The van der Waals surface area contributed by atoms with Crippen molar-refractivity contribution in [2.24, 2.45) is 5.73 Å². The molecule has 0 aliphatic carbocycles. The first kappa shape index (κ1) is 26.8. The van der Waals surface area contributed by atoms with E-state index in [0.717, 1.165) is 59.8 Å². The highest BCUT2D eigenvalue weighted by molar-refractivity contribution is 5.77. The zero-order valence-corrected chi connectivity index (χ0v) is 23.3. The van der Waals surface area contributed by atoms with Crippen molar-refractivity contribution in [1.82, 2.24) is 34.3 Å². The van der Waals surface area contributed by atoms with Crippen molar-refractivity contribution < 1.29 is 9.50 Å². The number of nitrogens with zero attached hydrogens (tertiary/aromatic N) is 9. The van der Waals surface area contributed by atoms with Crippen molar-refractivity contribution in [2.45, 2.75) is 31.8 Å². The summed E-state index contributed by atoms with van der Waals surface area (Å²) in [4.78, 5) is 18.2. The molecule has 1 saturated heterocycles. The van der Waals surface area contributed by atoms with E-state index in [4.69, 9.17) is 5.73 Å². The van der Waals surface area contributed by atoms with Crippen molar-refractivity contribution in [2.75, 3.05) is 42.6 Å². The van der Waals surface area contributed by atoms with Gasteiger partial charge in [0.05, 0.1) is 23.9 Å². The Labute approximate surface area is 237 Å². The van der Waals surface area contributed by atoms with Gasteiger partial charge in [-0.1, -0.05) is 12.1 Å². The van der Waals surface area contributed by atoms with Gasteiger partial charge in [-0.05, 0) is 44.5 Å². The number of fused-ring (bicyclic) bond motifs is 1. The predicted octanol–water partition coefficient (Wildman–Crippen LogP) is 2.80. The number of nitrogens with two attached hydrogens (primary N) is 1. The summed E-state index contributed by atoms with van der Waals surface area (Å²) >= 11 is 0. The number of benzene rings is 1. The van der Waals surface area contributed by atoms with Crippen LogP contribution in [0.1, 0.15) is 31.9 Å². The number of aromatic nitrogens is 7. The Balaban J connectivity index is 1.16. The first-order valence-corrected chi connectivity index (χ1v) is 13.5. The maximum atomic E-state index is 13.4. The first-order valence-electron chi connectivity index (χ1n) is 13.5. The number of halogens is 1. The maximum Gasteiger partial charge on any atom is 0.225 e. The Morgan fingerprint density at radius 1 is 0.854 bits per heavy atom. The molecule has 1 fully saturated rings. The van der Waals surface area contributed by atoms with Gasteiger partial charge in [0, 0.05) is 67.7 Å². The van der Waals surface area contributed by atoms with E-state index < -0.39 is 11.1 Å². The molecule has 1 unspecified atom stereocenters. The number of aliphatic hydroxyl groups excluding tert-OH is 1. The average Bonchev–Trinajstić information content (AvgIpc) is 3.66. The summed E-state index contributed by atoms with van der Waals surface area (Å²) in [5.74, 6) is 1.21. The van der Waals surface area contributed by atoms with Crippen molar-refractivity contribution in [1.29, 1.82) is 0 Å². The molecular formula is C29H33FN10O. The van der Waals surface area contributed by atoms with Gasteiger partial charge in [-0.3, -0.25) is 4.68 Å². The van der Waals surface area contributed by atoms with Crippen LogP contribution in [0, 0.1) is 5.82 Å². The summed E-state index contributed by atoms with van der Waals surface area (Å²) in [5.41, 5.74) is 9.63. The molecule has 0 saturated carbocycles. The van der Waals surface area contributed by atoms with Gasteiger partial charge in [-0.2, -0.15) is 10.2 Å². The predicted molar refractivity (Wildman–Crippen MR) is 154 cm³/mol. The molecule has 0 spiro atoms. The highest BCUT2D eigenvalue weighted by Crippen LogP contribution is 2.29. The molecule has 0 radical (unpaired) electrons. The normalized spacial score (nSPS) is 15.9. The van der Waals surface area contributed by atoms with E-state index >= 15 is 0 Å². The van der Waals surface area contributed by atoms with Gasteiger partial charge in [-0.15, -0.1) is 0 Å². The van der Waals surface area contributed by atoms with Crippen LogP contribution in [0.4, 0.5) is 16.2 Å². The van der Waals surface area contributed by atoms with Gasteiger partial charge in [0.2, 0.25) is 5.95 Å². The van der Waals surface area contributed by atoms with Crippen LogP contribution in [0.15, 0.2) is 67.6 Å². The molecule has 1 aliphatic rings. The second-order valence-corrected chi connectivity index (χ2v) is 11.2. The Hall–Kier alpha value is -4.42. The third kappa shape index (κ3) is 5.00. The zero-order chi connectivity index (χ0) is 28.8. The van der Waals surface area contributed by atoms with Crippen LogP contribution in [0.25, 0.3) is 16.6 Å². The Morgan fingerprint density at radius 3 is 2.22 bits per heavy atom. The van der Waals surface area contributed by atoms with E-state index in [9.17, 15) is 9.50 Å². The summed E-state index contributed by atoms with van der Waals surface area (Å²) in [6.45, 7) is 8.67. The molecule has 1 atom stereocenters. The molecule has 5 heterocycles. The largest absolute Gasteiger partial charge is 0.394 e. The van der Waals surface area contributed by atoms with Crippen LogP contribution in [0.5, 0.6) is 0 Å². The monoisotopic (exact) mass is 556 g/mol. The molecular weight excluding hydrogens is 523 g/mol. The highest BCUT2D eigenvalue weighted by Gasteiger charge is 2.27. The summed E-state index contributed by atoms with van der Waals surface area (Å²) in [7, 11) is 0. The molecule has 212 valence electrons. The lowest BCUT2D eigenvalue weighted by molar-refractivity contribution is 0.152. The number of aliphatic hydroxyl groups is 1. The van der Waals surface area contributed by atoms with Crippen molar-refractivity contribution in [3.63, 3.8) is 0 Å². The molecule has 3 N–H and O–H groups in total. The minimum absolute atomic E-state index is 0.00889. The molecule has 0 bridgehead atoms. The van der Waals surface area contributed by atoms with Crippen molar-refractivity contribution >= 4 is 17.3 Å². The maximum absolute atomic E-state index is 13.4. The van der Waals surface area contributed by atoms with Crippen LogP contribution in [0.2, 0.25) is 0 Å². The number of hydrogen-bond acceptors (Lipinski definition) is 9. The van der Waals surface area contributed by atoms with Gasteiger partial charge in [-0.25, -0.2) is 23.9 Å². The van der Waals surface area contributed by atoms with Crippen LogP contribution in [0.3, 0.4) is 0 Å². The Morgan fingerprint density at radius 2 is 1.54 bits per heavy atom. The summed E-state index contributed by atoms with van der Waals surface area (Å²) in [6.07, 6.45) is 10.8. The summed E-state index contributed by atoms with van der Waals surface area (Å²) in [6, 6.07) is 8.25. The Kier molecular flexibility index (Phi) is 6.66. The second kappa shape index (κ2) is 10.2. The third-order valence-corrected chi connectivity index (χ3v) is 7.85. The van der Waals surface area contributed by atoms with E-state index in [1.54, 1.807) is 41.7 Å². The van der Waals surface area contributed by atoms with Crippen molar-refractivity contribution in [3.8, 4) is 11.1 Å². The number of hydrogen-bond donors (Lipinski definition) is 2. The highest BCUT2D eigenvalue weighted by atomic mass is 19.1. The van der Waals surface area contributed by atoms with Crippen LogP contribution in [-0.2, 0) is 11.1 Å².